The number of benzene rings is 1. The molecular weight excluding hydrogens is 436 g/mol. The highest BCUT2D eigenvalue weighted by Crippen LogP contribution is 2.30. The fourth-order valence-corrected chi connectivity index (χ4v) is 4.53. The molecule has 0 aliphatic rings. The molecule has 0 bridgehead atoms. The first kappa shape index (κ1) is 22.8. The fourth-order valence-electron chi connectivity index (χ4n) is 2.82. The van der Waals surface area contributed by atoms with Gasteiger partial charge in [-0.2, -0.15) is 0 Å². The molecule has 3 aromatic rings. The number of thioether (sulfide) groups is 1. The molecule has 0 spiro atoms. The minimum Gasteiger partial charge on any atom is -0.497 e. The van der Waals surface area contributed by atoms with Gasteiger partial charge in [-0.1, -0.05) is 30.8 Å². The third-order valence-electron chi connectivity index (χ3n) is 4.38. The van der Waals surface area contributed by atoms with Crippen molar-refractivity contribution in [3.8, 4) is 17.1 Å². The van der Waals surface area contributed by atoms with E-state index in [1.807, 2.05) is 42.8 Å². The number of nitrogens with one attached hydrogen (secondary N) is 1. The molecule has 0 saturated carbocycles. The highest BCUT2D eigenvalue weighted by Gasteiger charge is 2.19. The lowest BCUT2D eigenvalue weighted by atomic mass is 10.2. The molecule has 10 heteroatoms. The maximum absolute atomic E-state index is 12.5. The highest BCUT2D eigenvalue weighted by molar-refractivity contribution is 7.99. The van der Waals surface area contributed by atoms with Gasteiger partial charge in [-0.25, -0.2) is 4.79 Å². The Hall–Kier alpha value is -2.85. The van der Waals surface area contributed by atoms with E-state index in [0.717, 1.165) is 22.6 Å². The third kappa shape index (κ3) is 5.45. The fraction of sp³-hybridized carbons (Fsp3) is 0.333. The number of hydrogen-bond donors (Lipinski definition) is 1. The number of thiophene rings is 1. The van der Waals surface area contributed by atoms with E-state index in [4.69, 9.17) is 9.47 Å². The lowest BCUT2D eigenvalue weighted by Gasteiger charge is -2.07. The second-order valence-corrected chi connectivity index (χ2v) is 8.54. The van der Waals surface area contributed by atoms with Crippen LogP contribution in [0.1, 0.15) is 29.1 Å². The van der Waals surface area contributed by atoms with Crippen molar-refractivity contribution in [2.75, 3.05) is 24.8 Å². The van der Waals surface area contributed by atoms with Crippen LogP contribution < -0.4 is 10.1 Å². The Morgan fingerprint density at radius 2 is 2.03 bits per heavy atom. The molecule has 0 radical (unpaired) electrons. The van der Waals surface area contributed by atoms with E-state index in [2.05, 4.69) is 15.5 Å². The van der Waals surface area contributed by atoms with Crippen LogP contribution in [0.2, 0.25) is 0 Å². The van der Waals surface area contributed by atoms with Crippen molar-refractivity contribution in [3.63, 3.8) is 0 Å². The Kier molecular flexibility index (Phi) is 7.69. The Morgan fingerprint density at radius 3 is 2.74 bits per heavy atom. The van der Waals surface area contributed by atoms with E-state index in [-0.39, 0.29) is 18.3 Å². The van der Waals surface area contributed by atoms with Gasteiger partial charge >= 0.3 is 5.97 Å². The van der Waals surface area contributed by atoms with Crippen LogP contribution in [0.3, 0.4) is 0 Å². The normalized spacial score (nSPS) is 10.7. The summed E-state index contributed by atoms with van der Waals surface area (Å²) in [5.41, 5.74) is 1.26. The predicted molar refractivity (Wildman–Crippen MR) is 122 cm³/mol. The monoisotopic (exact) mass is 460 g/mol. The Morgan fingerprint density at radius 1 is 1.23 bits per heavy atom. The molecule has 1 amide bonds. The molecule has 2 heterocycles. The largest absolute Gasteiger partial charge is 0.497 e. The molecule has 0 atom stereocenters. The molecule has 0 unspecified atom stereocenters. The molecule has 164 valence electrons. The van der Waals surface area contributed by atoms with Crippen LogP contribution in [-0.2, 0) is 23.0 Å². The molecule has 0 fully saturated rings. The summed E-state index contributed by atoms with van der Waals surface area (Å²) in [7, 11) is 3.46. The molecule has 0 aliphatic heterocycles. The molecule has 2 aromatic heterocycles. The first-order valence-corrected chi connectivity index (χ1v) is 11.5. The summed E-state index contributed by atoms with van der Waals surface area (Å²) in [5, 5.41) is 12.4. The lowest BCUT2D eigenvalue weighted by Crippen LogP contribution is -2.16. The van der Waals surface area contributed by atoms with Gasteiger partial charge < -0.3 is 19.4 Å². The summed E-state index contributed by atoms with van der Waals surface area (Å²) in [4.78, 5) is 25.7. The van der Waals surface area contributed by atoms with Crippen molar-refractivity contribution >= 4 is 40.0 Å². The average molecular weight is 461 g/mol. The van der Waals surface area contributed by atoms with E-state index in [0.29, 0.717) is 21.5 Å². The van der Waals surface area contributed by atoms with Crippen LogP contribution in [0.25, 0.3) is 11.4 Å². The van der Waals surface area contributed by atoms with Gasteiger partial charge in [0.15, 0.2) is 11.0 Å². The van der Waals surface area contributed by atoms with Gasteiger partial charge in [-0.3, -0.25) is 4.79 Å². The number of aryl methyl sites for hydroxylation is 1. The number of carbonyl (C=O) groups excluding carboxylic acids is 2. The maximum atomic E-state index is 12.5. The average Bonchev–Trinajstić information content (AvgIpc) is 3.35. The minimum atomic E-state index is -0.433. The number of methoxy groups -OCH3 is 1. The summed E-state index contributed by atoms with van der Waals surface area (Å²) in [6, 6.07) is 9.32. The lowest BCUT2D eigenvalue weighted by molar-refractivity contribution is -0.113. The molecule has 3 rings (SSSR count). The summed E-state index contributed by atoms with van der Waals surface area (Å²) in [5.74, 6) is 0.876. The highest BCUT2D eigenvalue weighted by atomic mass is 32.2. The first-order valence-electron chi connectivity index (χ1n) is 9.73. The Bertz CT molecular complexity index is 1080. The molecular formula is C21H24N4O4S2. The van der Waals surface area contributed by atoms with E-state index in [9.17, 15) is 9.59 Å². The number of anilines is 1. The summed E-state index contributed by atoms with van der Waals surface area (Å²) in [6.07, 6.45) is 0.772. The zero-order valence-electron chi connectivity index (χ0n) is 17.8. The SMILES string of the molecule is CCOC(=O)c1cc(CC)sc1NC(=O)CSc1nnc(-c2cccc(OC)c2)n1C. The number of hydrogen-bond acceptors (Lipinski definition) is 8. The van der Waals surface area contributed by atoms with E-state index >= 15 is 0 Å². The third-order valence-corrected chi connectivity index (χ3v) is 6.59. The van der Waals surface area contributed by atoms with E-state index < -0.39 is 5.97 Å². The second-order valence-electron chi connectivity index (χ2n) is 6.46. The van der Waals surface area contributed by atoms with Crippen molar-refractivity contribution in [1.29, 1.82) is 0 Å². The molecule has 0 aliphatic carbocycles. The van der Waals surface area contributed by atoms with Gasteiger partial charge in [0.1, 0.15) is 10.8 Å². The number of esters is 1. The van der Waals surface area contributed by atoms with Gasteiger partial charge in [0.05, 0.1) is 25.0 Å². The van der Waals surface area contributed by atoms with E-state index in [1.54, 1.807) is 20.1 Å². The van der Waals surface area contributed by atoms with Crippen molar-refractivity contribution in [3.05, 3.63) is 40.8 Å². The quantitative estimate of drug-likeness (QED) is 0.381. The second kappa shape index (κ2) is 10.5. The number of aromatic nitrogens is 3. The summed E-state index contributed by atoms with van der Waals surface area (Å²) >= 11 is 2.66. The van der Waals surface area contributed by atoms with Crippen LogP contribution in [0, 0.1) is 0 Å². The van der Waals surface area contributed by atoms with Crippen molar-refractivity contribution < 1.29 is 19.1 Å². The molecule has 1 N–H and O–H groups in total. The Balaban J connectivity index is 1.67. The van der Waals surface area contributed by atoms with Crippen LogP contribution in [0.15, 0.2) is 35.5 Å². The van der Waals surface area contributed by atoms with E-state index in [1.165, 1.54) is 23.1 Å². The smallest absolute Gasteiger partial charge is 0.341 e. The van der Waals surface area contributed by atoms with Crippen LogP contribution >= 0.6 is 23.1 Å². The zero-order chi connectivity index (χ0) is 22.4. The molecule has 8 nitrogen and oxygen atoms in total. The molecule has 1 aromatic carbocycles. The predicted octanol–water partition coefficient (Wildman–Crippen LogP) is 4.02. The molecule has 0 saturated heterocycles. The Labute approximate surface area is 189 Å². The minimum absolute atomic E-state index is 0.131. The number of rotatable bonds is 9. The van der Waals surface area contributed by atoms with Gasteiger partial charge in [-0.15, -0.1) is 21.5 Å². The van der Waals surface area contributed by atoms with Crippen LogP contribution in [-0.4, -0.2) is 46.1 Å². The van der Waals surface area contributed by atoms with Crippen molar-refractivity contribution in [2.24, 2.45) is 7.05 Å². The van der Waals surface area contributed by atoms with Crippen LogP contribution in [0.4, 0.5) is 5.00 Å². The first-order chi connectivity index (χ1) is 15.0. The molecule has 31 heavy (non-hydrogen) atoms. The number of ether oxygens (including phenoxy) is 2. The number of nitrogens with zero attached hydrogens (tertiary/aromatic N) is 3. The standard InChI is InChI=1S/C21H24N4O4S2/c1-5-15-11-16(20(27)29-6-2)19(31-15)22-17(26)12-30-21-24-23-18(25(21)3)13-8-7-9-14(10-13)28-4/h7-11H,5-6,12H2,1-4H3,(H,22,26). The zero-order valence-corrected chi connectivity index (χ0v) is 19.4. The van der Waals surface area contributed by atoms with Crippen LogP contribution in [0.5, 0.6) is 5.75 Å². The topological polar surface area (TPSA) is 95.3 Å². The van der Waals surface area contributed by atoms with Gasteiger partial charge in [0, 0.05) is 17.5 Å². The number of carbonyl (C=O) groups is 2. The maximum Gasteiger partial charge on any atom is 0.341 e. The summed E-state index contributed by atoms with van der Waals surface area (Å²) < 4.78 is 12.2. The number of amides is 1. The van der Waals surface area contributed by atoms with Gasteiger partial charge in [0.2, 0.25) is 5.91 Å². The van der Waals surface area contributed by atoms with Gasteiger partial charge in [-0.05, 0) is 31.5 Å². The van der Waals surface area contributed by atoms with Crippen molar-refractivity contribution in [1.82, 2.24) is 14.8 Å². The van der Waals surface area contributed by atoms with Crippen molar-refractivity contribution in [2.45, 2.75) is 25.4 Å². The summed E-state index contributed by atoms with van der Waals surface area (Å²) in [6.45, 7) is 4.03. The van der Waals surface area contributed by atoms with Gasteiger partial charge in [0.25, 0.3) is 0 Å².